The van der Waals surface area contributed by atoms with Crippen LogP contribution in [0.15, 0.2) is 54.6 Å². The molecule has 4 heteroatoms. The van der Waals surface area contributed by atoms with Crippen LogP contribution in [0.4, 0.5) is 5.69 Å². The van der Waals surface area contributed by atoms with Crippen molar-refractivity contribution >= 4 is 11.7 Å². The van der Waals surface area contributed by atoms with Gasteiger partial charge in [-0.3, -0.25) is 0 Å². The van der Waals surface area contributed by atoms with Crippen LogP contribution in [0.2, 0.25) is 0 Å². The molecule has 0 aliphatic carbocycles. The van der Waals surface area contributed by atoms with Crippen LogP contribution < -0.4 is 5.73 Å². The van der Waals surface area contributed by atoms with Gasteiger partial charge in [-0.25, -0.2) is 4.79 Å². The van der Waals surface area contributed by atoms with Crippen LogP contribution in [-0.4, -0.2) is 22.8 Å². The van der Waals surface area contributed by atoms with E-state index in [-0.39, 0.29) is 12.2 Å². The van der Waals surface area contributed by atoms with Crippen molar-refractivity contribution in [3.63, 3.8) is 0 Å². The average Bonchev–Trinajstić information content (AvgIpc) is 2.47. The van der Waals surface area contributed by atoms with E-state index in [1.165, 1.54) is 17.7 Å². The van der Waals surface area contributed by atoms with Gasteiger partial charge in [-0.2, -0.15) is 0 Å². The first-order valence-corrected chi connectivity index (χ1v) is 6.37. The van der Waals surface area contributed by atoms with E-state index < -0.39 is 5.97 Å². The molecule has 0 amide bonds. The molecule has 2 aromatic carbocycles. The molecule has 4 nitrogen and oxygen atoms in total. The monoisotopic (exact) mass is 273 g/mol. The number of aliphatic hydroxyl groups is 1. The number of carboxylic acid groups (broad SMARTS) is 1. The number of anilines is 1. The molecule has 0 radical (unpaired) electrons. The number of aryl methyl sites for hydroxylation is 1. The molecule has 0 heterocycles. The van der Waals surface area contributed by atoms with Crippen LogP contribution in [0.1, 0.15) is 22.3 Å². The van der Waals surface area contributed by atoms with Gasteiger partial charge in [-0.05, 0) is 42.7 Å². The number of nitrogens with two attached hydrogens (primary N) is 1. The molecule has 0 saturated carbocycles. The Kier molecular flexibility index (Phi) is 6.85. The zero-order valence-electron chi connectivity index (χ0n) is 11.2. The van der Waals surface area contributed by atoms with Gasteiger partial charge in [0.2, 0.25) is 0 Å². The summed E-state index contributed by atoms with van der Waals surface area (Å²) >= 11 is 0. The Hall–Kier alpha value is -2.33. The van der Waals surface area contributed by atoms with Crippen molar-refractivity contribution < 1.29 is 15.0 Å². The number of hydrogen-bond acceptors (Lipinski definition) is 3. The Morgan fingerprint density at radius 3 is 2.10 bits per heavy atom. The van der Waals surface area contributed by atoms with Crippen molar-refractivity contribution in [2.24, 2.45) is 0 Å². The Bertz CT molecular complexity index is 509. The van der Waals surface area contributed by atoms with E-state index in [1.807, 2.05) is 18.2 Å². The normalized spacial score (nSPS) is 9.45. The number of carbonyl (C=O) groups is 1. The first-order chi connectivity index (χ1) is 9.63. The number of nitrogen functional groups attached to an aromatic ring is 1. The number of benzene rings is 2. The fourth-order valence-corrected chi connectivity index (χ4v) is 1.55. The number of aliphatic hydroxyl groups excluding tert-OH is 1. The van der Waals surface area contributed by atoms with Gasteiger partial charge in [-0.1, -0.05) is 30.3 Å². The predicted octanol–water partition coefficient (Wildman–Crippen LogP) is 2.58. The highest BCUT2D eigenvalue weighted by atomic mass is 16.4. The van der Waals surface area contributed by atoms with Crippen molar-refractivity contribution in [2.75, 3.05) is 12.3 Å². The topological polar surface area (TPSA) is 83.6 Å². The van der Waals surface area contributed by atoms with E-state index >= 15 is 0 Å². The maximum Gasteiger partial charge on any atom is 0.335 e. The van der Waals surface area contributed by atoms with Gasteiger partial charge in [0.1, 0.15) is 0 Å². The zero-order valence-corrected chi connectivity index (χ0v) is 11.2. The fraction of sp³-hybridized carbons (Fsp3) is 0.188. The first-order valence-electron chi connectivity index (χ1n) is 6.37. The molecular formula is C16H19NO3. The van der Waals surface area contributed by atoms with Crippen LogP contribution in [-0.2, 0) is 6.42 Å². The maximum atomic E-state index is 10.3. The standard InChI is InChI=1S/C9H12O.C7H7NO2/c10-8-4-7-9-5-2-1-3-6-9;8-6-3-1-5(2-4-6)7(9)10/h1-3,5-6,10H,4,7-8H2;1-4H,8H2,(H,9,10). The van der Waals surface area contributed by atoms with Crippen molar-refractivity contribution in [3.05, 3.63) is 65.7 Å². The van der Waals surface area contributed by atoms with Crippen molar-refractivity contribution in [1.29, 1.82) is 0 Å². The third-order valence-corrected chi connectivity index (χ3v) is 2.62. The van der Waals surface area contributed by atoms with Crippen LogP contribution in [0.5, 0.6) is 0 Å². The molecule has 0 saturated heterocycles. The summed E-state index contributed by atoms with van der Waals surface area (Å²) in [6, 6.07) is 16.3. The van der Waals surface area contributed by atoms with E-state index in [1.54, 1.807) is 12.1 Å². The van der Waals surface area contributed by atoms with E-state index in [0.717, 1.165) is 12.8 Å². The van der Waals surface area contributed by atoms with Crippen LogP contribution in [0, 0.1) is 0 Å². The van der Waals surface area contributed by atoms with E-state index in [9.17, 15) is 4.79 Å². The zero-order chi connectivity index (χ0) is 14.8. The first kappa shape index (κ1) is 15.7. The summed E-state index contributed by atoms with van der Waals surface area (Å²) in [5, 5.41) is 17.0. The van der Waals surface area contributed by atoms with Gasteiger partial charge in [0, 0.05) is 12.3 Å². The summed E-state index contributed by atoms with van der Waals surface area (Å²) in [5.74, 6) is -0.931. The van der Waals surface area contributed by atoms with Crippen LogP contribution in [0.3, 0.4) is 0 Å². The quantitative estimate of drug-likeness (QED) is 0.748. The van der Waals surface area contributed by atoms with Crippen LogP contribution in [0.25, 0.3) is 0 Å². The largest absolute Gasteiger partial charge is 0.478 e. The Balaban J connectivity index is 0.000000200. The third kappa shape index (κ3) is 6.02. The van der Waals surface area contributed by atoms with Gasteiger partial charge in [-0.15, -0.1) is 0 Å². The van der Waals surface area contributed by atoms with E-state index in [0.29, 0.717) is 5.69 Å². The van der Waals surface area contributed by atoms with Gasteiger partial charge in [0.25, 0.3) is 0 Å². The molecule has 0 fully saturated rings. The summed E-state index contributed by atoms with van der Waals surface area (Å²) in [4.78, 5) is 10.3. The fourth-order valence-electron chi connectivity index (χ4n) is 1.55. The summed E-state index contributed by atoms with van der Waals surface area (Å²) in [6.07, 6.45) is 1.85. The molecule has 0 aliphatic rings. The van der Waals surface area contributed by atoms with E-state index in [2.05, 4.69) is 12.1 Å². The molecule has 0 spiro atoms. The highest BCUT2D eigenvalue weighted by Crippen LogP contribution is 2.04. The van der Waals surface area contributed by atoms with Crippen molar-refractivity contribution in [3.8, 4) is 0 Å². The van der Waals surface area contributed by atoms with Crippen molar-refractivity contribution in [1.82, 2.24) is 0 Å². The van der Waals surface area contributed by atoms with Crippen LogP contribution >= 0.6 is 0 Å². The lowest BCUT2D eigenvalue weighted by Gasteiger charge is -1.96. The van der Waals surface area contributed by atoms with Gasteiger partial charge in [0.15, 0.2) is 0 Å². The lowest BCUT2D eigenvalue weighted by Crippen LogP contribution is -1.95. The summed E-state index contributed by atoms with van der Waals surface area (Å²) < 4.78 is 0. The summed E-state index contributed by atoms with van der Waals surface area (Å²) in [6.45, 7) is 0.287. The molecule has 0 unspecified atom stereocenters. The molecule has 0 aromatic heterocycles. The van der Waals surface area contributed by atoms with E-state index in [4.69, 9.17) is 15.9 Å². The number of aromatic carboxylic acids is 1. The molecule has 2 rings (SSSR count). The lowest BCUT2D eigenvalue weighted by atomic mass is 10.1. The number of rotatable bonds is 4. The Labute approximate surface area is 118 Å². The highest BCUT2D eigenvalue weighted by molar-refractivity contribution is 5.87. The molecule has 106 valence electrons. The summed E-state index contributed by atoms with van der Waals surface area (Å²) in [7, 11) is 0. The smallest absolute Gasteiger partial charge is 0.335 e. The number of hydrogen-bond donors (Lipinski definition) is 3. The summed E-state index contributed by atoms with van der Waals surface area (Å²) in [5.41, 5.74) is 7.47. The second-order valence-electron chi connectivity index (χ2n) is 4.24. The second-order valence-corrected chi connectivity index (χ2v) is 4.24. The molecule has 0 aliphatic heterocycles. The molecule has 20 heavy (non-hydrogen) atoms. The Morgan fingerprint density at radius 2 is 1.60 bits per heavy atom. The maximum absolute atomic E-state index is 10.3. The van der Waals surface area contributed by atoms with Crippen molar-refractivity contribution in [2.45, 2.75) is 12.8 Å². The predicted molar refractivity (Wildman–Crippen MR) is 79.7 cm³/mol. The van der Waals surface area contributed by atoms with Gasteiger partial charge in [0.05, 0.1) is 5.56 Å². The molecule has 0 atom stereocenters. The molecule has 0 bridgehead atoms. The second kappa shape index (κ2) is 8.72. The molecule has 2 aromatic rings. The van der Waals surface area contributed by atoms with Gasteiger partial charge >= 0.3 is 5.97 Å². The SMILES string of the molecule is Nc1ccc(C(=O)O)cc1.OCCCc1ccccc1. The minimum absolute atomic E-state index is 0.259. The minimum atomic E-state index is -0.931. The van der Waals surface area contributed by atoms with Gasteiger partial charge < -0.3 is 15.9 Å². The minimum Gasteiger partial charge on any atom is -0.478 e. The highest BCUT2D eigenvalue weighted by Gasteiger charge is 1.98. The lowest BCUT2D eigenvalue weighted by molar-refractivity contribution is 0.0697. The third-order valence-electron chi connectivity index (χ3n) is 2.62. The Morgan fingerprint density at radius 1 is 1.00 bits per heavy atom. The molecular weight excluding hydrogens is 254 g/mol. The molecule has 4 N–H and O–H groups in total. The average molecular weight is 273 g/mol. The number of carboxylic acids is 1.